The average Bonchev–Trinajstić information content (AvgIpc) is 2.50. The molecule has 2 N–H and O–H groups in total. The molecule has 0 fully saturated rings. The first-order valence-corrected chi connectivity index (χ1v) is 6.53. The number of alkyl carbamates (subject to hydrolysis) is 1. The predicted molar refractivity (Wildman–Crippen MR) is 72.2 cm³/mol. The van der Waals surface area contributed by atoms with Gasteiger partial charge in [0, 0.05) is 0 Å². The fourth-order valence-electron chi connectivity index (χ4n) is 1.66. The monoisotopic (exact) mass is 335 g/mol. The third-order valence-electron chi connectivity index (χ3n) is 2.83. The topological polar surface area (TPSA) is 84.9 Å². The second-order valence-corrected chi connectivity index (χ2v) is 4.57. The molecule has 1 rings (SSSR count). The van der Waals surface area contributed by atoms with Crippen LogP contribution in [0.2, 0.25) is 0 Å². The minimum atomic E-state index is -4.96. The molecule has 6 nitrogen and oxygen atoms in total. The van der Waals surface area contributed by atoms with Crippen molar-refractivity contribution in [3.05, 3.63) is 35.9 Å². The molecule has 0 radical (unpaired) electrons. The van der Waals surface area contributed by atoms with Crippen LogP contribution < -0.4 is 5.32 Å². The van der Waals surface area contributed by atoms with Gasteiger partial charge in [0.15, 0.2) is 6.04 Å². The Balaban J connectivity index is 2.62. The lowest BCUT2D eigenvalue weighted by Crippen LogP contribution is -2.53. The Morgan fingerprint density at radius 2 is 1.87 bits per heavy atom. The molecule has 0 aliphatic rings. The molecule has 9 heteroatoms. The van der Waals surface area contributed by atoms with Gasteiger partial charge in [-0.05, 0) is 5.56 Å². The number of rotatable bonds is 6. The number of hydrogen-bond acceptors (Lipinski definition) is 5. The second kappa shape index (κ2) is 8.37. The lowest BCUT2D eigenvalue weighted by molar-refractivity contribution is -0.179. The Labute approximate surface area is 130 Å². The van der Waals surface area contributed by atoms with E-state index in [2.05, 4.69) is 9.47 Å². The van der Waals surface area contributed by atoms with E-state index in [9.17, 15) is 27.9 Å². The van der Waals surface area contributed by atoms with Gasteiger partial charge in [-0.15, -0.1) is 0 Å². The lowest BCUT2D eigenvalue weighted by atomic mass is 10.1. The van der Waals surface area contributed by atoms with Crippen molar-refractivity contribution >= 4 is 12.1 Å². The number of carbonyl (C=O) groups excluding carboxylic acids is 2. The third-order valence-corrected chi connectivity index (χ3v) is 2.83. The van der Waals surface area contributed by atoms with Crippen LogP contribution in [0.5, 0.6) is 0 Å². The van der Waals surface area contributed by atoms with Crippen LogP contribution in [0.4, 0.5) is 18.0 Å². The molecule has 0 bridgehead atoms. The molecule has 0 unspecified atom stereocenters. The van der Waals surface area contributed by atoms with Crippen molar-refractivity contribution in [2.75, 3.05) is 7.11 Å². The van der Waals surface area contributed by atoms with Crippen LogP contribution in [0.1, 0.15) is 12.0 Å². The summed E-state index contributed by atoms with van der Waals surface area (Å²) in [7, 11) is 0.971. The van der Waals surface area contributed by atoms with Crippen molar-refractivity contribution in [2.45, 2.75) is 31.3 Å². The Hall–Kier alpha value is -2.29. The van der Waals surface area contributed by atoms with Crippen LogP contribution >= 0.6 is 0 Å². The number of alkyl halides is 3. The number of methoxy groups -OCH3 is 1. The molecule has 2 atom stereocenters. The van der Waals surface area contributed by atoms with Gasteiger partial charge >= 0.3 is 18.2 Å². The van der Waals surface area contributed by atoms with E-state index in [0.29, 0.717) is 5.56 Å². The number of esters is 1. The molecule has 0 aliphatic heterocycles. The van der Waals surface area contributed by atoms with Gasteiger partial charge in [0.2, 0.25) is 0 Å². The van der Waals surface area contributed by atoms with E-state index >= 15 is 0 Å². The maximum atomic E-state index is 12.9. The van der Waals surface area contributed by atoms with Crippen molar-refractivity contribution < 1.29 is 37.3 Å². The molecular formula is C14H16F3NO5. The van der Waals surface area contributed by atoms with E-state index in [0.717, 1.165) is 7.11 Å². The Bertz CT molecular complexity index is 521. The predicted octanol–water partition coefficient (Wildman–Crippen LogP) is 1.77. The number of halogens is 3. The number of carbonyl (C=O) groups is 2. The van der Waals surface area contributed by atoms with Crippen molar-refractivity contribution in [1.29, 1.82) is 0 Å². The fraction of sp³-hybridized carbons (Fsp3) is 0.429. The highest BCUT2D eigenvalue weighted by Crippen LogP contribution is 2.24. The van der Waals surface area contributed by atoms with E-state index in [-0.39, 0.29) is 6.61 Å². The molecule has 1 aromatic rings. The smallest absolute Gasteiger partial charge is 0.411 e. The molecule has 0 heterocycles. The Kier molecular flexibility index (Phi) is 6.83. The summed E-state index contributed by atoms with van der Waals surface area (Å²) in [6.45, 7) is -0.232. The van der Waals surface area contributed by atoms with Gasteiger partial charge in [0.25, 0.3) is 0 Å². The molecule has 0 aliphatic carbocycles. The molecule has 1 aromatic carbocycles. The van der Waals surface area contributed by atoms with Crippen LogP contribution in [0.3, 0.4) is 0 Å². The number of aliphatic hydroxyl groups excluding tert-OH is 1. The maximum Gasteiger partial charge on any atom is 0.411 e. The van der Waals surface area contributed by atoms with Crippen molar-refractivity contribution in [3.63, 3.8) is 0 Å². The molecule has 23 heavy (non-hydrogen) atoms. The Morgan fingerprint density at radius 1 is 1.26 bits per heavy atom. The van der Waals surface area contributed by atoms with Crippen LogP contribution in [-0.4, -0.2) is 42.6 Å². The molecule has 0 spiro atoms. The van der Waals surface area contributed by atoms with Crippen molar-refractivity contribution in [3.8, 4) is 0 Å². The maximum absolute atomic E-state index is 12.9. The zero-order valence-electron chi connectivity index (χ0n) is 12.2. The van der Waals surface area contributed by atoms with Crippen molar-refractivity contribution in [2.24, 2.45) is 0 Å². The number of ether oxygens (including phenoxy) is 2. The molecule has 0 saturated carbocycles. The average molecular weight is 335 g/mol. The first-order valence-electron chi connectivity index (χ1n) is 6.53. The van der Waals surface area contributed by atoms with Crippen LogP contribution in [0.15, 0.2) is 30.3 Å². The Morgan fingerprint density at radius 3 is 2.39 bits per heavy atom. The quantitative estimate of drug-likeness (QED) is 0.774. The van der Waals surface area contributed by atoms with E-state index < -0.39 is 36.8 Å². The van der Waals surface area contributed by atoms with Gasteiger partial charge in [-0.3, -0.25) is 4.79 Å². The summed E-state index contributed by atoms with van der Waals surface area (Å²) in [5, 5.41) is 11.0. The van der Waals surface area contributed by atoms with Gasteiger partial charge in [-0.25, -0.2) is 4.79 Å². The lowest BCUT2D eigenvalue weighted by Gasteiger charge is -2.25. The van der Waals surface area contributed by atoms with Gasteiger partial charge in [0.05, 0.1) is 19.6 Å². The SMILES string of the molecule is COC(=O)C[C@H](O)[C@@H](NC(=O)OCc1ccccc1)C(F)(F)F. The molecule has 1 amide bonds. The van der Waals surface area contributed by atoms with Crippen molar-refractivity contribution in [1.82, 2.24) is 5.32 Å². The fourth-order valence-corrected chi connectivity index (χ4v) is 1.66. The normalized spacial score (nSPS) is 13.8. The molecule has 128 valence electrons. The zero-order chi connectivity index (χ0) is 17.5. The summed E-state index contributed by atoms with van der Waals surface area (Å²) in [5.41, 5.74) is 0.585. The van der Waals surface area contributed by atoms with Crippen LogP contribution in [0, 0.1) is 0 Å². The summed E-state index contributed by atoms with van der Waals surface area (Å²) >= 11 is 0. The van der Waals surface area contributed by atoms with E-state index in [4.69, 9.17) is 0 Å². The minimum Gasteiger partial charge on any atom is -0.469 e. The molecule has 0 saturated heterocycles. The number of amides is 1. The minimum absolute atomic E-state index is 0.232. The summed E-state index contributed by atoms with van der Waals surface area (Å²) < 4.78 is 47.4. The van der Waals surface area contributed by atoms with Crippen LogP contribution in [-0.2, 0) is 20.9 Å². The van der Waals surface area contributed by atoms with E-state index in [1.165, 1.54) is 5.32 Å². The zero-order valence-corrected chi connectivity index (χ0v) is 12.2. The van der Waals surface area contributed by atoms with Gasteiger partial charge < -0.3 is 19.9 Å². The third kappa shape index (κ3) is 6.55. The van der Waals surface area contributed by atoms with E-state index in [1.54, 1.807) is 30.3 Å². The van der Waals surface area contributed by atoms with Crippen LogP contribution in [0.25, 0.3) is 0 Å². The first-order chi connectivity index (χ1) is 10.7. The second-order valence-electron chi connectivity index (χ2n) is 4.57. The molecular weight excluding hydrogens is 319 g/mol. The number of hydrogen-bond donors (Lipinski definition) is 2. The first kappa shape index (κ1) is 18.8. The summed E-state index contributed by atoms with van der Waals surface area (Å²) in [4.78, 5) is 22.4. The van der Waals surface area contributed by atoms with Gasteiger partial charge in [-0.1, -0.05) is 30.3 Å². The highest BCUT2D eigenvalue weighted by atomic mass is 19.4. The highest BCUT2D eigenvalue weighted by Gasteiger charge is 2.46. The summed E-state index contributed by atoms with van der Waals surface area (Å²) in [6.07, 6.45) is -9.43. The van der Waals surface area contributed by atoms with Gasteiger partial charge in [0.1, 0.15) is 6.61 Å². The standard InChI is InChI=1S/C14H16F3NO5/c1-22-11(20)7-10(19)12(14(15,16)17)18-13(21)23-8-9-5-3-2-4-6-9/h2-6,10,12,19H,7-8H2,1H3,(H,18,21)/t10-,12+/m0/s1. The summed E-state index contributed by atoms with van der Waals surface area (Å²) in [6, 6.07) is 5.68. The number of benzene rings is 1. The number of aliphatic hydroxyl groups is 1. The molecule has 0 aromatic heterocycles. The largest absolute Gasteiger partial charge is 0.469 e. The number of nitrogens with one attached hydrogen (secondary N) is 1. The van der Waals surface area contributed by atoms with Gasteiger partial charge in [-0.2, -0.15) is 13.2 Å². The summed E-state index contributed by atoms with van der Waals surface area (Å²) in [5.74, 6) is -1.04. The highest BCUT2D eigenvalue weighted by molar-refractivity contribution is 5.71. The van der Waals surface area contributed by atoms with E-state index in [1.807, 2.05) is 0 Å².